The van der Waals surface area contributed by atoms with E-state index in [4.69, 9.17) is 5.73 Å². The highest BCUT2D eigenvalue weighted by molar-refractivity contribution is 7.91. The van der Waals surface area contributed by atoms with Crippen LogP contribution in [0.3, 0.4) is 0 Å². The Hall–Kier alpha value is -0.960. The first-order valence-corrected chi connectivity index (χ1v) is 10.7. The standard InChI is InChI=1S/C16H27N3O3S2/c1-12-5-3-4-9-16(12,11-17)19-24(21,22)15-7-6-14(23-15)8-10-18-13(2)20/h6-7,12,19H,3-5,8-11,17H2,1-2H3,(H,18,20). The van der Waals surface area contributed by atoms with E-state index in [2.05, 4.69) is 17.0 Å². The van der Waals surface area contributed by atoms with Gasteiger partial charge in [0.2, 0.25) is 5.91 Å². The fraction of sp³-hybridized carbons (Fsp3) is 0.688. The monoisotopic (exact) mass is 373 g/mol. The summed E-state index contributed by atoms with van der Waals surface area (Å²) in [5, 5.41) is 2.71. The summed E-state index contributed by atoms with van der Waals surface area (Å²) >= 11 is 1.25. The summed E-state index contributed by atoms with van der Waals surface area (Å²) in [6.07, 6.45) is 4.52. The van der Waals surface area contributed by atoms with E-state index in [0.29, 0.717) is 23.7 Å². The van der Waals surface area contributed by atoms with Crippen molar-refractivity contribution < 1.29 is 13.2 Å². The molecule has 1 aliphatic rings. The van der Waals surface area contributed by atoms with Crippen LogP contribution in [0.2, 0.25) is 0 Å². The normalized spacial score (nSPS) is 24.7. The van der Waals surface area contributed by atoms with Crippen LogP contribution in [0.25, 0.3) is 0 Å². The summed E-state index contributed by atoms with van der Waals surface area (Å²) in [7, 11) is -3.58. The molecule has 1 aliphatic carbocycles. The highest BCUT2D eigenvalue weighted by atomic mass is 32.2. The molecule has 2 rings (SSSR count). The first-order chi connectivity index (χ1) is 11.3. The molecule has 24 heavy (non-hydrogen) atoms. The lowest BCUT2D eigenvalue weighted by Crippen LogP contribution is -2.58. The molecule has 1 saturated carbocycles. The van der Waals surface area contributed by atoms with E-state index in [-0.39, 0.29) is 11.8 Å². The van der Waals surface area contributed by atoms with Crippen LogP contribution in [-0.2, 0) is 21.2 Å². The molecule has 2 atom stereocenters. The van der Waals surface area contributed by atoms with Crippen LogP contribution in [0.5, 0.6) is 0 Å². The molecule has 1 fully saturated rings. The minimum Gasteiger partial charge on any atom is -0.356 e. The van der Waals surface area contributed by atoms with Gasteiger partial charge in [-0.1, -0.05) is 19.8 Å². The molecule has 1 aromatic heterocycles. The maximum absolute atomic E-state index is 12.8. The summed E-state index contributed by atoms with van der Waals surface area (Å²) < 4.78 is 28.8. The number of hydrogen-bond acceptors (Lipinski definition) is 5. The number of carbonyl (C=O) groups is 1. The Balaban J connectivity index is 2.09. The van der Waals surface area contributed by atoms with Crippen LogP contribution in [-0.4, -0.2) is 33.0 Å². The van der Waals surface area contributed by atoms with E-state index in [1.807, 2.05) is 0 Å². The number of amides is 1. The number of thiophene rings is 1. The number of carbonyl (C=O) groups excluding carboxylic acids is 1. The van der Waals surface area contributed by atoms with Gasteiger partial charge >= 0.3 is 0 Å². The first kappa shape index (κ1) is 19.4. The van der Waals surface area contributed by atoms with Gasteiger partial charge in [-0.25, -0.2) is 13.1 Å². The van der Waals surface area contributed by atoms with E-state index in [9.17, 15) is 13.2 Å². The van der Waals surface area contributed by atoms with Crippen molar-refractivity contribution in [3.05, 3.63) is 17.0 Å². The van der Waals surface area contributed by atoms with Crippen LogP contribution >= 0.6 is 11.3 Å². The molecule has 136 valence electrons. The average Bonchev–Trinajstić information content (AvgIpc) is 2.99. The second-order valence-electron chi connectivity index (χ2n) is 6.57. The van der Waals surface area contributed by atoms with Gasteiger partial charge in [0.1, 0.15) is 4.21 Å². The fourth-order valence-corrected chi connectivity index (χ4v) is 6.12. The second kappa shape index (κ2) is 7.95. The SMILES string of the molecule is CC(=O)NCCc1ccc(S(=O)(=O)NC2(CN)CCCCC2C)s1. The van der Waals surface area contributed by atoms with Crippen LogP contribution < -0.4 is 15.8 Å². The molecule has 6 nitrogen and oxygen atoms in total. The zero-order valence-electron chi connectivity index (χ0n) is 14.3. The number of nitrogens with two attached hydrogens (primary N) is 1. The number of hydrogen-bond donors (Lipinski definition) is 3. The molecule has 0 aromatic carbocycles. The van der Waals surface area contributed by atoms with E-state index in [0.717, 1.165) is 30.6 Å². The Morgan fingerprint density at radius 2 is 2.17 bits per heavy atom. The van der Waals surface area contributed by atoms with Crippen molar-refractivity contribution in [1.29, 1.82) is 0 Å². The Morgan fingerprint density at radius 3 is 2.79 bits per heavy atom. The fourth-order valence-electron chi connectivity index (χ4n) is 3.23. The Labute approximate surface area is 148 Å². The topological polar surface area (TPSA) is 101 Å². The summed E-state index contributed by atoms with van der Waals surface area (Å²) in [4.78, 5) is 11.8. The van der Waals surface area contributed by atoms with Gasteiger partial charge in [-0.05, 0) is 37.3 Å². The van der Waals surface area contributed by atoms with Crippen molar-refractivity contribution in [3.63, 3.8) is 0 Å². The molecule has 0 aliphatic heterocycles. The van der Waals surface area contributed by atoms with Crippen molar-refractivity contribution in [3.8, 4) is 0 Å². The molecule has 0 saturated heterocycles. The van der Waals surface area contributed by atoms with E-state index in [1.54, 1.807) is 12.1 Å². The maximum atomic E-state index is 12.8. The lowest BCUT2D eigenvalue weighted by molar-refractivity contribution is -0.118. The van der Waals surface area contributed by atoms with Gasteiger partial charge in [0.15, 0.2) is 0 Å². The van der Waals surface area contributed by atoms with Crippen molar-refractivity contribution in [2.75, 3.05) is 13.1 Å². The number of sulfonamides is 1. The number of rotatable bonds is 7. The highest BCUT2D eigenvalue weighted by Crippen LogP contribution is 2.35. The van der Waals surface area contributed by atoms with Crippen molar-refractivity contribution in [2.24, 2.45) is 11.7 Å². The largest absolute Gasteiger partial charge is 0.356 e. The molecule has 1 heterocycles. The van der Waals surface area contributed by atoms with Gasteiger partial charge in [0.05, 0.1) is 0 Å². The number of nitrogens with one attached hydrogen (secondary N) is 2. The van der Waals surface area contributed by atoms with E-state index >= 15 is 0 Å². The Bertz CT molecular complexity index is 672. The molecule has 0 spiro atoms. The molecule has 0 radical (unpaired) electrons. The van der Waals surface area contributed by atoms with Gasteiger partial charge in [-0.2, -0.15) is 0 Å². The zero-order valence-corrected chi connectivity index (χ0v) is 15.9. The summed E-state index contributed by atoms with van der Waals surface area (Å²) in [6.45, 7) is 4.36. The summed E-state index contributed by atoms with van der Waals surface area (Å²) in [5.41, 5.74) is 5.41. The van der Waals surface area contributed by atoms with Gasteiger partial charge < -0.3 is 11.1 Å². The molecule has 1 aromatic rings. The van der Waals surface area contributed by atoms with Crippen LogP contribution in [0, 0.1) is 5.92 Å². The van der Waals surface area contributed by atoms with Crippen molar-refractivity contribution in [1.82, 2.24) is 10.0 Å². The van der Waals surface area contributed by atoms with E-state index < -0.39 is 15.6 Å². The maximum Gasteiger partial charge on any atom is 0.250 e. The Morgan fingerprint density at radius 1 is 1.42 bits per heavy atom. The van der Waals surface area contributed by atoms with Gasteiger partial charge in [0, 0.05) is 30.4 Å². The van der Waals surface area contributed by atoms with Crippen LogP contribution in [0.15, 0.2) is 16.3 Å². The van der Waals surface area contributed by atoms with Gasteiger partial charge in [-0.15, -0.1) is 11.3 Å². The first-order valence-electron chi connectivity index (χ1n) is 8.36. The second-order valence-corrected chi connectivity index (χ2v) is 9.64. The third kappa shape index (κ3) is 4.56. The van der Waals surface area contributed by atoms with Crippen LogP contribution in [0.1, 0.15) is 44.4 Å². The van der Waals surface area contributed by atoms with Gasteiger partial charge in [-0.3, -0.25) is 4.79 Å². The van der Waals surface area contributed by atoms with Gasteiger partial charge in [0.25, 0.3) is 10.0 Å². The zero-order chi connectivity index (χ0) is 17.8. The lowest BCUT2D eigenvalue weighted by atomic mass is 9.74. The molecular formula is C16H27N3O3S2. The minimum absolute atomic E-state index is 0.0859. The molecule has 0 bridgehead atoms. The summed E-state index contributed by atoms with van der Waals surface area (Å²) in [6, 6.07) is 3.44. The average molecular weight is 374 g/mol. The van der Waals surface area contributed by atoms with E-state index in [1.165, 1.54) is 18.3 Å². The Kier molecular flexibility index (Phi) is 6.41. The van der Waals surface area contributed by atoms with Crippen LogP contribution in [0.4, 0.5) is 0 Å². The summed E-state index contributed by atoms with van der Waals surface area (Å²) in [5.74, 6) is 0.141. The van der Waals surface area contributed by atoms with Crippen molar-refractivity contribution in [2.45, 2.75) is 55.7 Å². The third-order valence-corrected chi connectivity index (χ3v) is 7.99. The molecule has 2 unspecified atom stereocenters. The smallest absolute Gasteiger partial charge is 0.250 e. The molecule has 4 N–H and O–H groups in total. The molecule has 1 amide bonds. The quantitative estimate of drug-likeness (QED) is 0.676. The van der Waals surface area contributed by atoms with Crippen molar-refractivity contribution >= 4 is 27.3 Å². The predicted octanol–water partition coefficient (Wildman–Crippen LogP) is 1.61. The highest BCUT2D eigenvalue weighted by Gasteiger charge is 2.40. The minimum atomic E-state index is -3.58. The molecular weight excluding hydrogens is 346 g/mol. The predicted molar refractivity (Wildman–Crippen MR) is 96.4 cm³/mol. The third-order valence-electron chi connectivity index (χ3n) is 4.80. The lowest BCUT2D eigenvalue weighted by Gasteiger charge is -2.42. The molecule has 8 heteroatoms.